The van der Waals surface area contributed by atoms with Crippen molar-refractivity contribution in [2.75, 3.05) is 13.1 Å². The van der Waals surface area contributed by atoms with E-state index in [9.17, 15) is 14.4 Å². The predicted molar refractivity (Wildman–Crippen MR) is 111 cm³/mol. The van der Waals surface area contributed by atoms with Gasteiger partial charge in [-0.15, -0.1) is 0 Å². The van der Waals surface area contributed by atoms with Gasteiger partial charge in [-0.3, -0.25) is 19.3 Å². The van der Waals surface area contributed by atoms with Gasteiger partial charge < -0.3 is 11.1 Å². The van der Waals surface area contributed by atoms with Gasteiger partial charge in [0.25, 0.3) is 11.8 Å². The van der Waals surface area contributed by atoms with Crippen molar-refractivity contribution in [1.29, 1.82) is 0 Å². The normalized spacial score (nSPS) is 21.5. The number of nitrogens with zero attached hydrogens (tertiary/aromatic N) is 1. The second-order valence-electron chi connectivity index (χ2n) is 8.03. The van der Waals surface area contributed by atoms with E-state index >= 15 is 0 Å². The maximum Gasteiger partial charge on any atom is 0.261 e. The lowest BCUT2D eigenvalue weighted by Crippen LogP contribution is -2.45. The first-order valence-electron chi connectivity index (χ1n) is 10.5. The van der Waals surface area contributed by atoms with E-state index in [0.717, 1.165) is 30.0 Å². The fourth-order valence-corrected chi connectivity index (χ4v) is 4.64. The van der Waals surface area contributed by atoms with Crippen molar-refractivity contribution in [3.63, 3.8) is 0 Å². The summed E-state index contributed by atoms with van der Waals surface area (Å²) in [4.78, 5) is 39.4. The van der Waals surface area contributed by atoms with Gasteiger partial charge in [0.05, 0.1) is 0 Å². The molecule has 1 fully saturated rings. The second-order valence-corrected chi connectivity index (χ2v) is 8.03. The smallest absolute Gasteiger partial charge is 0.261 e. The van der Waals surface area contributed by atoms with E-state index in [2.05, 4.69) is 5.32 Å². The van der Waals surface area contributed by atoms with Crippen LogP contribution < -0.4 is 11.1 Å². The SMILES string of the molecule is NCC1CCCCC1NC(=O)CCCN1C(=O)c2cccc3cccc(c23)C1=O. The number of hydrogen-bond donors (Lipinski definition) is 2. The molecule has 2 aromatic rings. The number of rotatable bonds is 6. The molecule has 2 aliphatic rings. The zero-order valence-corrected chi connectivity index (χ0v) is 16.5. The Bertz CT molecular complexity index is 905. The Labute approximate surface area is 170 Å². The van der Waals surface area contributed by atoms with Crippen LogP contribution in [0.2, 0.25) is 0 Å². The van der Waals surface area contributed by atoms with Crippen molar-refractivity contribution in [2.24, 2.45) is 11.7 Å². The standard InChI is InChI=1S/C23H27N3O3/c24-14-16-6-1-2-11-19(16)25-20(27)12-5-13-26-22(28)17-9-3-7-15-8-4-10-18(21(15)17)23(26)29/h3-4,7-10,16,19H,1-2,5-6,11-14,24H2,(H,25,27). The molecule has 4 rings (SSSR count). The van der Waals surface area contributed by atoms with E-state index in [4.69, 9.17) is 5.73 Å². The largest absolute Gasteiger partial charge is 0.353 e. The molecule has 0 saturated heterocycles. The summed E-state index contributed by atoms with van der Waals surface area (Å²) in [5.41, 5.74) is 6.94. The van der Waals surface area contributed by atoms with Crippen molar-refractivity contribution >= 4 is 28.5 Å². The number of carbonyl (C=O) groups excluding carboxylic acids is 3. The quantitative estimate of drug-likeness (QED) is 0.738. The first-order chi connectivity index (χ1) is 14.1. The van der Waals surface area contributed by atoms with Crippen LogP contribution >= 0.6 is 0 Å². The number of nitrogens with two attached hydrogens (primary N) is 1. The third-order valence-electron chi connectivity index (χ3n) is 6.20. The van der Waals surface area contributed by atoms with Crippen LogP contribution in [0.4, 0.5) is 0 Å². The summed E-state index contributed by atoms with van der Waals surface area (Å²) in [6.07, 6.45) is 5.05. The number of nitrogens with one attached hydrogen (secondary N) is 1. The second kappa shape index (κ2) is 8.33. The van der Waals surface area contributed by atoms with E-state index < -0.39 is 0 Å². The molecule has 3 amide bonds. The molecule has 3 N–H and O–H groups in total. The van der Waals surface area contributed by atoms with Gasteiger partial charge in [-0.05, 0) is 49.2 Å². The number of carbonyl (C=O) groups is 3. The average Bonchev–Trinajstić information content (AvgIpc) is 2.74. The van der Waals surface area contributed by atoms with Crippen LogP contribution in [-0.4, -0.2) is 41.8 Å². The highest BCUT2D eigenvalue weighted by Gasteiger charge is 2.32. The molecule has 2 atom stereocenters. The predicted octanol–water partition coefficient (Wildman–Crippen LogP) is 2.85. The van der Waals surface area contributed by atoms with Crippen LogP contribution in [0.5, 0.6) is 0 Å². The van der Waals surface area contributed by atoms with Gasteiger partial charge in [0.15, 0.2) is 0 Å². The van der Waals surface area contributed by atoms with Gasteiger partial charge in [0.1, 0.15) is 0 Å². The van der Waals surface area contributed by atoms with Gasteiger partial charge in [-0.2, -0.15) is 0 Å². The minimum atomic E-state index is -0.282. The van der Waals surface area contributed by atoms with Crippen LogP contribution in [-0.2, 0) is 4.79 Å². The molecule has 152 valence electrons. The molecule has 1 heterocycles. The molecule has 29 heavy (non-hydrogen) atoms. The highest BCUT2D eigenvalue weighted by molar-refractivity contribution is 6.25. The molecule has 1 saturated carbocycles. The first-order valence-corrected chi connectivity index (χ1v) is 10.5. The lowest BCUT2D eigenvalue weighted by molar-refractivity contribution is -0.122. The Kier molecular flexibility index (Phi) is 5.62. The third kappa shape index (κ3) is 3.77. The zero-order valence-electron chi connectivity index (χ0n) is 16.5. The highest BCUT2D eigenvalue weighted by atomic mass is 16.2. The van der Waals surface area contributed by atoms with E-state index in [1.54, 1.807) is 12.1 Å². The van der Waals surface area contributed by atoms with Gasteiger partial charge >= 0.3 is 0 Å². The molecular formula is C23H27N3O3. The molecule has 1 aliphatic carbocycles. The average molecular weight is 393 g/mol. The number of imide groups is 1. The maximum absolute atomic E-state index is 12.9. The lowest BCUT2D eigenvalue weighted by atomic mass is 9.84. The Balaban J connectivity index is 1.38. The maximum atomic E-state index is 12.9. The molecule has 0 radical (unpaired) electrons. The summed E-state index contributed by atoms with van der Waals surface area (Å²) >= 11 is 0. The molecule has 0 aromatic heterocycles. The lowest BCUT2D eigenvalue weighted by Gasteiger charge is -2.31. The Morgan fingerprint density at radius 1 is 1.03 bits per heavy atom. The summed E-state index contributed by atoms with van der Waals surface area (Å²) in [5.74, 6) is -0.255. The topological polar surface area (TPSA) is 92.5 Å². The minimum Gasteiger partial charge on any atom is -0.353 e. The van der Waals surface area contributed by atoms with E-state index in [1.807, 2.05) is 24.3 Å². The number of amides is 3. The van der Waals surface area contributed by atoms with Crippen molar-refractivity contribution in [3.8, 4) is 0 Å². The molecule has 2 aromatic carbocycles. The fraction of sp³-hybridized carbons (Fsp3) is 0.435. The number of hydrogen-bond acceptors (Lipinski definition) is 4. The third-order valence-corrected chi connectivity index (χ3v) is 6.20. The summed E-state index contributed by atoms with van der Waals surface area (Å²) in [7, 11) is 0. The summed E-state index contributed by atoms with van der Waals surface area (Å²) in [6, 6.07) is 11.1. The van der Waals surface area contributed by atoms with Crippen molar-refractivity contribution in [2.45, 2.75) is 44.6 Å². The minimum absolute atomic E-state index is 0.0326. The molecular weight excluding hydrogens is 366 g/mol. The Morgan fingerprint density at radius 3 is 2.34 bits per heavy atom. The molecule has 0 spiro atoms. The Morgan fingerprint density at radius 2 is 1.69 bits per heavy atom. The van der Waals surface area contributed by atoms with Gasteiger partial charge in [-0.1, -0.05) is 37.1 Å². The first kappa shape index (κ1) is 19.6. The van der Waals surface area contributed by atoms with E-state index in [0.29, 0.717) is 30.0 Å². The van der Waals surface area contributed by atoms with Crippen molar-refractivity contribution in [1.82, 2.24) is 10.2 Å². The molecule has 6 heteroatoms. The summed E-state index contributed by atoms with van der Waals surface area (Å²) in [6.45, 7) is 0.827. The monoisotopic (exact) mass is 393 g/mol. The van der Waals surface area contributed by atoms with Crippen LogP contribution in [0.3, 0.4) is 0 Å². The van der Waals surface area contributed by atoms with E-state index in [1.165, 1.54) is 11.3 Å². The fourth-order valence-electron chi connectivity index (χ4n) is 4.64. The van der Waals surface area contributed by atoms with Crippen LogP contribution in [0.15, 0.2) is 36.4 Å². The van der Waals surface area contributed by atoms with Gasteiger partial charge in [0.2, 0.25) is 5.91 Å². The molecule has 2 unspecified atom stereocenters. The summed E-state index contributed by atoms with van der Waals surface area (Å²) < 4.78 is 0. The van der Waals surface area contributed by atoms with Crippen LogP contribution in [0.25, 0.3) is 10.8 Å². The molecule has 1 aliphatic heterocycles. The molecule has 6 nitrogen and oxygen atoms in total. The van der Waals surface area contributed by atoms with Crippen LogP contribution in [0, 0.1) is 5.92 Å². The van der Waals surface area contributed by atoms with E-state index in [-0.39, 0.29) is 36.7 Å². The van der Waals surface area contributed by atoms with Gasteiger partial charge in [-0.25, -0.2) is 0 Å². The Hall–Kier alpha value is -2.73. The van der Waals surface area contributed by atoms with Crippen LogP contribution in [0.1, 0.15) is 59.2 Å². The van der Waals surface area contributed by atoms with Crippen molar-refractivity contribution < 1.29 is 14.4 Å². The molecule has 0 bridgehead atoms. The number of benzene rings is 2. The highest BCUT2D eigenvalue weighted by Crippen LogP contribution is 2.30. The van der Waals surface area contributed by atoms with Gasteiger partial charge in [0, 0.05) is 35.5 Å². The summed E-state index contributed by atoms with van der Waals surface area (Å²) in [5, 5.41) is 4.72. The van der Waals surface area contributed by atoms with Crippen molar-refractivity contribution in [3.05, 3.63) is 47.5 Å². The zero-order chi connectivity index (χ0) is 20.4.